The van der Waals surface area contributed by atoms with Crippen LogP contribution in [0.1, 0.15) is 12.0 Å². The van der Waals surface area contributed by atoms with Crippen molar-refractivity contribution in [3.05, 3.63) is 36.4 Å². The summed E-state index contributed by atoms with van der Waals surface area (Å²) in [6.07, 6.45) is -2.61. The van der Waals surface area contributed by atoms with Crippen LogP contribution in [-0.2, 0) is 11.0 Å². The van der Waals surface area contributed by atoms with Crippen LogP contribution in [0.2, 0.25) is 0 Å². The topological polar surface area (TPSA) is 29.5 Å². The van der Waals surface area contributed by atoms with Crippen molar-refractivity contribution in [2.75, 3.05) is 18.6 Å². The summed E-state index contributed by atoms with van der Waals surface area (Å²) < 4.78 is 43.5. The Morgan fingerprint density at radius 2 is 2.15 bits per heavy atom. The Morgan fingerprint density at radius 1 is 1.45 bits per heavy atom. The van der Waals surface area contributed by atoms with Crippen LogP contribution >= 0.6 is 0 Å². The van der Waals surface area contributed by atoms with Gasteiger partial charge in [0.2, 0.25) is 5.91 Å². The summed E-state index contributed by atoms with van der Waals surface area (Å²) in [7, 11) is 1.18. The average Bonchev–Trinajstić information content (AvgIpc) is 2.78. The van der Waals surface area contributed by atoms with E-state index in [0.717, 1.165) is 6.07 Å². The highest BCUT2D eigenvalue weighted by atomic mass is 19.4. The van der Waals surface area contributed by atoms with Crippen LogP contribution < -0.4 is 9.64 Å². The van der Waals surface area contributed by atoms with Crippen LogP contribution in [0.25, 0.3) is 0 Å². The molecule has 0 saturated carbocycles. The first kappa shape index (κ1) is 14.4. The van der Waals surface area contributed by atoms with Gasteiger partial charge in [-0.05, 0) is 18.2 Å². The van der Waals surface area contributed by atoms with Gasteiger partial charge in [0.1, 0.15) is 5.75 Å². The first-order chi connectivity index (χ1) is 9.36. The smallest absolute Gasteiger partial charge is 0.420 e. The summed E-state index contributed by atoms with van der Waals surface area (Å²) in [6, 6.07) is 3.63. The fourth-order valence-corrected chi connectivity index (χ4v) is 2.23. The molecule has 1 fully saturated rings. The first-order valence-corrected chi connectivity index (χ1v) is 6.05. The largest absolute Gasteiger partial charge is 0.496 e. The lowest BCUT2D eigenvalue weighted by molar-refractivity contribution is -0.138. The fourth-order valence-electron chi connectivity index (χ4n) is 2.23. The van der Waals surface area contributed by atoms with E-state index in [4.69, 9.17) is 4.74 Å². The molecule has 0 radical (unpaired) electrons. The number of rotatable bonds is 3. The van der Waals surface area contributed by atoms with Gasteiger partial charge in [-0.2, -0.15) is 13.2 Å². The van der Waals surface area contributed by atoms with Gasteiger partial charge < -0.3 is 9.64 Å². The second-order valence-electron chi connectivity index (χ2n) is 4.59. The molecule has 1 saturated heterocycles. The van der Waals surface area contributed by atoms with Gasteiger partial charge in [-0.1, -0.05) is 6.08 Å². The van der Waals surface area contributed by atoms with E-state index in [9.17, 15) is 18.0 Å². The Labute approximate surface area is 114 Å². The number of hydrogen-bond donors (Lipinski definition) is 0. The Morgan fingerprint density at radius 3 is 2.65 bits per heavy atom. The standard InChI is InChI=1S/C14H14F3NO2/c1-3-9-6-13(19)18(8-9)10-4-5-12(20-2)11(7-10)14(15,16)17/h3-5,7,9H,1,6,8H2,2H3. The second-order valence-corrected chi connectivity index (χ2v) is 4.59. The molecule has 0 N–H and O–H groups in total. The third-order valence-electron chi connectivity index (χ3n) is 3.29. The Balaban J connectivity index is 2.39. The van der Waals surface area contributed by atoms with Crippen LogP contribution in [0.4, 0.5) is 18.9 Å². The summed E-state index contributed by atoms with van der Waals surface area (Å²) in [5.74, 6) is -0.486. The van der Waals surface area contributed by atoms with Crippen molar-refractivity contribution in [1.29, 1.82) is 0 Å². The van der Waals surface area contributed by atoms with Gasteiger partial charge in [0.05, 0.1) is 12.7 Å². The fraction of sp³-hybridized carbons (Fsp3) is 0.357. The summed E-state index contributed by atoms with van der Waals surface area (Å²) in [5.41, 5.74) is -0.653. The number of amides is 1. The highest BCUT2D eigenvalue weighted by molar-refractivity contribution is 5.96. The van der Waals surface area contributed by atoms with Gasteiger partial charge in [-0.25, -0.2) is 0 Å². The quantitative estimate of drug-likeness (QED) is 0.798. The number of halogens is 3. The molecule has 1 aliphatic rings. The van der Waals surface area contributed by atoms with Crippen LogP contribution in [0.15, 0.2) is 30.9 Å². The molecule has 1 amide bonds. The van der Waals surface area contributed by atoms with Crippen LogP contribution in [0.5, 0.6) is 5.75 Å². The number of anilines is 1. The Bertz CT molecular complexity index is 540. The highest BCUT2D eigenvalue weighted by Gasteiger charge is 2.36. The number of benzene rings is 1. The van der Waals surface area contributed by atoms with Crippen molar-refractivity contribution in [3.63, 3.8) is 0 Å². The summed E-state index contributed by atoms with van der Waals surface area (Å²) in [4.78, 5) is 13.2. The number of ether oxygens (including phenoxy) is 1. The molecular weight excluding hydrogens is 271 g/mol. The number of nitrogens with zero attached hydrogens (tertiary/aromatic N) is 1. The van der Waals surface area contributed by atoms with Gasteiger partial charge >= 0.3 is 6.18 Å². The molecule has 20 heavy (non-hydrogen) atoms. The zero-order chi connectivity index (χ0) is 14.9. The van der Waals surface area contributed by atoms with Crippen LogP contribution in [0.3, 0.4) is 0 Å². The van der Waals surface area contributed by atoms with Crippen LogP contribution in [-0.4, -0.2) is 19.6 Å². The number of carbonyl (C=O) groups excluding carboxylic acids is 1. The molecule has 1 aliphatic heterocycles. The third kappa shape index (κ3) is 2.64. The van der Waals surface area contributed by atoms with Crippen molar-refractivity contribution < 1.29 is 22.7 Å². The van der Waals surface area contributed by atoms with Crippen molar-refractivity contribution in [1.82, 2.24) is 0 Å². The minimum atomic E-state index is -4.53. The van der Waals surface area contributed by atoms with Crippen molar-refractivity contribution in [3.8, 4) is 5.75 Å². The van der Waals surface area contributed by atoms with Crippen molar-refractivity contribution in [2.45, 2.75) is 12.6 Å². The maximum absolute atomic E-state index is 12.9. The molecule has 1 atom stereocenters. The Hall–Kier alpha value is -1.98. The molecule has 1 unspecified atom stereocenters. The minimum Gasteiger partial charge on any atom is -0.496 e. The predicted molar refractivity (Wildman–Crippen MR) is 68.7 cm³/mol. The minimum absolute atomic E-state index is 0.0288. The van der Waals surface area contributed by atoms with E-state index in [0.29, 0.717) is 6.54 Å². The summed E-state index contributed by atoms with van der Waals surface area (Å²) in [6.45, 7) is 3.96. The summed E-state index contributed by atoms with van der Waals surface area (Å²) >= 11 is 0. The predicted octanol–water partition coefficient (Wildman–Crippen LogP) is 3.25. The van der Waals surface area contributed by atoms with Crippen molar-refractivity contribution in [2.24, 2.45) is 5.92 Å². The molecule has 0 aromatic heterocycles. The zero-order valence-electron chi connectivity index (χ0n) is 10.9. The van der Waals surface area contributed by atoms with E-state index in [1.54, 1.807) is 6.08 Å². The molecule has 108 valence electrons. The van der Waals surface area contributed by atoms with Gasteiger partial charge in [0, 0.05) is 24.6 Å². The van der Waals surface area contributed by atoms with Gasteiger partial charge in [-0.15, -0.1) is 6.58 Å². The maximum Gasteiger partial charge on any atom is 0.420 e. The van der Waals surface area contributed by atoms with E-state index in [1.165, 1.54) is 24.1 Å². The lowest BCUT2D eigenvalue weighted by atomic mass is 10.1. The number of carbonyl (C=O) groups is 1. The second kappa shape index (κ2) is 5.19. The molecule has 6 heteroatoms. The Kier molecular flexibility index (Phi) is 3.74. The molecule has 1 heterocycles. The molecule has 0 spiro atoms. The lowest BCUT2D eigenvalue weighted by Gasteiger charge is -2.19. The SMILES string of the molecule is C=CC1CC(=O)N(c2ccc(OC)c(C(F)(F)F)c2)C1. The molecule has 0 bridgehead atoms. The number of methoxy groups -OCH3 is 1. The van der Waals surface area contributed by atoms with E-state index >= 15 is 0 Å². The van der Waals surface area contributed by atoms with E-state index < -0.39 is 11.7 Å². The van der Waals surface area contributed by atoms with E-state index in [-0.39, 0.29) is 29.7 Å². The van der Waals surface area contributed by atoms with E-state index in [2.05, 4.69) is 6.58 Å². The van der Waals surface area contributed by atoms with Gasteiger partial charge in [0.15, 0.2) is 0 Å². The first-order valence-electron chi connectivity index (χ1n) is 6.05. The van der Waals surface area contributed by atoms with Gasteiger partial charge in [-0.3, -0.25) is 4.79 Å². The number of alkyl halides is 3. The van der Waals surface area contributed by atoms with Crippen LogP contribution in [0, 0.1) is 5.92 Å². The van der Waals surface area contributed by atoms with E-state index in [1.807, 2.05) is 0 Å². The molecule has 0 aliphatic carbocycles. The average molecular weight is 285 g/mol. The lowest BCUT2D eigenvalue weighted by Crippen LogP contribution is -2.24. The number of hydrogen-bond acceptors (Lipinski definition) is 2. The molecule has 1 aromatic rings. The zero-order valence-corrected chi connectivity index (χ0v) is 10.9. The highest BCUT2D eigenvalue weighted by Crippen LogP contribution is 2.39. The summed E-state index contributed by atoms with van der Waals surface area (Å²) in [5, 5.41) is 0. The monoisotopic (exact) mass is 285 g/mol. The molecular formula is C14H14F3NO2. The molecule has 2 rings (SSSR count). The molecule has 3 nitrogen and oxygen atoms in total. The van der Waals surface area contributed by atoms with Gasteiger partial charge in [0.25, 0.3) is 0 Å². The third-order valence-corrected chi connectivity index (χ3v) is 3.29. The normalized spacial score (nSPS) is 19.3. The van der Waals surface area contributed by atoms with Crippen molar-refractivity contribution >= 4 is 11.6 Å². The molecule has 1 aromatic carbocycles. The maximum atomic E-state index is 12.9.